The summed E-state index contributed by atoms with van der Waals surface area (Å²) in [4.78, 5) is 12.1. The molecular weight excluding hydrogens is 283 g/mol. The van der Waals surface area contributed by atoms with E-state index in [1.54, 1.807) is 44.2 Å². The Labute approximate surface area is 129 Å². The predicted molar refractivity (Wildman–Crippen MR) is 85.2 cm³/mol. The summed E-state index contributed by atoms with van der Waals surface area (Å²) in [5.74, 6) is -0.619. The number of halogens is 1. The van der Waals surface area contributed by atoms with Crippen molar-refractivity contribution in [2.75, 3.05) is 10.6 Å². The first-order chi connectivity index (χ1) is 10.5. The van der Waals surface area contributed by atoms with Crippen LogP contribution in [0.25, 0.3) is 0 Å². The number of anilines is 2. The van der Waals surface area contributed by atoms with Crippen LogP contribution < -0.4 is 10.6 Å². The molecule has 2 aromatic rings. The predicted octanol–water partition coefficient (Wildman–Crippen LogP) is 3.07. The lowest BCUT2D eigenvalue weighted by molar-refractivity contribution is -0.116. The molecule has 0 spiro atoms. The zero-order chi connectivity index (χ0) is 16.1. The SMILES string of the molecule is Cc1ccc(NC(=O)C(C)Nc2cccc(CO)c2)cc1F. The van der Waals surface area contributed by atoms with Crippen LogP contribution in [-0.2, 0) is 11.4 Å². The summed E-state index contributed by atoms with van der Waals surface area (Å²) < 4.78 is 13.5. The van der Waals surface area contributed by atoms with Crippen LogP contribution in [0.1, 0.15) is 18.1 Å². The van der Waals surface area contributed by atoms with Gasteiger partial charge >= 0.3 is 0 Å². The van der Waals surface area contributed by atoms with E-state index in [1.165, 1.54) is 6.07 Å². The Kier molecular flexibility index (Phi) is 5.12. The molecule has 1 amide bonds. The molecule has 2 aromatic carbocycles. The van der Waals surface area contributed by atoms with Crippen molar-refractivity contribution >= 4 is 17.3 Å². The molecule has 1 atom stereocenters. The minimum atomic E-state index is -0.502. The maximum atomic E-state index is 13.5. The average Bonchev–Trinajstić information content (AvgIpc) is 2.51. The van der Waals surface area contributed by atoms with Crippen molar-refractivity contribution in [3.63, 3.8) is 0 Å². The molecule has 2 rings (SSSR count). The molecule has 3 N–H and O–H groups in total. The molecule has 0 saturated carbocycles. The van der Waals surface area contributed by atoms with Gasteiger partial charge in [-0.2, -0.15) is 0 Å². The Balaban J connectivity index is 2.00. The number of carbonyl (C=O) groups is 1. The summed E-state index contributed by atoms with van der Waals surface area (Å²) >= 11 is 0. The molecule has 22 heavy (non-hydrogen) atoms. The highest BCUT2D eigenvalue weighted by Gasteiger charge is 2.13. The van der Waals surface area contributed by atoms with E-state index >= 15 is 0 Å². The first-order valence-corrected chi connectivity index (χ1v) is 7.03. The number of hydrogen-bond acceptors (Lipinski definition) is 3. The minimum Gasteiger partial charge on any atom is -0.392 e. The zero-order valence-corrected chi connectivity index (χ0v) is 12.6. The monoisotopic (exact) mass is 302 g/mol. The highest BCUT2D eigenvalue weighted by atomic mass is 19.1. The van der Waals surface area contributed by atoms with Gasteiger partial charge in [-0.3, -0.25) is 4.79 Å². The Bertz CT molecular complexity index is 673. The number of amides is 1. The third-order valence-corrected chi connectivity index (χ3v) is 3.33. The third kappa shape index (κ3) is 4.05. The van der Waals surface area contributed by atoms with Gasteiger partial charge in [0.15, 0.2) is 0 Å². The van der Waals surface area contributed by atoms with Gasteiger partial charge in [0, 0.05) is 11.4 Å². The summed E-state index contributed by atoms with van der Waals surface area (Å²) in [7, 11) is 0. The Morgan fingerprint density at radius 3 is 2.68 bits per heavy atom. The molecular formula is C17H19FN2O2. The lowest BCUT2D eigenvalue weighted by Crippen LogP contribution is -2.31. The van der Waals surface area contributed by atoms with Crippen molar-refractivity contribution in [2.24, 2.45) is 0 Å². The fourth-order valence-electron chi connectivity index (χ4n) is 2.00. The Morgan fingerprint density at radius 2 is 2.00 bits per heavy atom. The number of aryl methyl sites for hydroxylation is 1. The number of aliphatic hydroxyl groups excluding tert-OH is 1. The van der Waals surface area contributed by atoms with Crippen LogP contribution in [0.3, 0.4) is 0 Å². The van der Waals surface area contributed by atoms with Crippen LogP contribution in [0.2, 0.25) is 0 Å². The molecule has 1 unspecified atom stereocenters. The van der Waals surface area contributed by atoms with Gasteiger partial charge in [0.1, 0.15) is 11.9 Å². The molecule has 0 saturated heterocycles. The number of nitrogens with one attached hydrogen (secondary N) is 2. The molecule has 0 radical (unpaired) electrons. The highest BCUT2D eigenvalue weighted by Crippen LogP contribution is 2.15. The van der Waals surface area contributed by atoms with Crippen molar-refractivity contribution in [3.8, 4) is 0 Å². The third-order valence-electron chi connectivity index (χ3n) is 3.33. The van der Waals surface area contributed by atoms with E-state index in [9.17, 15) is 9.18 Å². The van der Waals surface area contributed by atoms with Gasteiger partial charge in [-0.05, 0) is 49.2 Å². The van der Waals surface area contributed by atoms with E-state index in [-0.39, 0.29) is 18.3 Å². The van der Waals surface area contributed by atoms with Crippen LogP contribution in [0, 0.1) is 12.7 Å². The summed E-state index contributed by atoms with van der Waals surface area (Å²) in [6.07, 6.45) is 0. The van der Waals surface area contributed by atoms with Gasteiger partial charge in [-0.25, -0.2) is 4.39 Å². The number of rotatable bonds is 5. The van der Waals surface area contributed by atoms with Gasteiger partial charge in [0.2, 0.25) is 5.91 Å². The molecule has 0 aliphatic heterocycles. The maximum Gasteiger partial charge on any atom is 0.246 e. The molecule has 0 aliphatic carbocycles. The fourth-order valence-corrected chi connectivity index (χ4v) is 2.00. The average molecular weight is 302 g/mol. The van der Waals surface area contributed by atoms with Gasteiger partial charge in [0.05, 0.1) is 6.61 Å². The molecule has 0 aliphatic rings. The molecule has 5 heteroatoms. The van der Waals surface area contributed by atoms with Crippen molar-refractivity contribution in [2.45, 2.75) is 26.5 Å². The van der Waals surface area contributed by atoms with E-state index in [0.29, 0.717) is 11.3 Å². The van der Waals surface area contributed by atoms with E-state index in [0.717, 1.165) is 11.3 Å². The zero-order valence-electron chi connectivity index (χ0n) is 12.6. The molecule has 0 fully saturated rings. The van der Waals surface area contributed by atoms with Crippen molar-refractivity contribution in [1.82, 2.24) is 0 Å². The number of benzene rings is 2. The fraction of sp³-hybridized carbons (Fsp3) is 0.235. The lowest BCUT2D eigenvalue weighted by Gasteiger charge is -2.16. The quantitative estimate of drug-likeness (QED) is 0.795. The van der Waals surface area contributed by atoms with Crippen molar-refractivity contribution in [1.29, 1.82) is 0 Å². The maximum absolute atomic E-state index is 13.5. The Hall–Kier alpha value is -2.40. The summed E-state index contributed by atoms with van der Waals surface area (Å²) in [6, 6.07) is 11.3. The van der Waals surface area contributed by atoms with E-state index in [2.05, 4.69) is 10.6 Å². The topological polar surface area (TPSA) is 61.4 Å². The molecule has 0 aromatic heterocycles. The molecule has 116 valence electrons. The number of hydrogen-bond donors (Lipinski definition) is 3. The van der Waals surface area contributed by atoms with Crippen molar-refractivity contribution < 1.29 is 14.3 Å². The minimum absolute atomic E-state index is 0.0568. The normalized spacial score (nSPS) is 11.8. The van der Waals surface area contributed by atoms with E-state index in [1.807, 2.05) is 6.07 Å². The molecule has 0 heterocycles. The second kappa shape index (κ2) is 7.04. The van der Waals surface area contributed by atoms with E-state index in [4.69, 9.17) is 5.11 Å². The van der Waals surface area contributed by atoms with Gasteiger partial charge in [-0.1, -0.05) is 18.2 Å². The number of carbonyl (C=O) groups excluding carboxylic acids is 1. The smallest absolute Gasteiger partial charge is 0.246 e. The highest BCUT2D eigenvalue weighted by molar-refractivity contribution is 5.96. The number of aliphatic hydroxyl groups is 1. The van der Waals surface area contributed by atoms with E-state index < -0.39 is 6.04 Å². The standard InChI is InChI=1S/C17H19FN2O2/c1-11-6-7-15(9-16(11)18)20-17(22)12(2)19-14-5-3-4-13(8-14)10-21/h3-9,12,19,21H,10H2,1-2H3,(H,20,22). The van der Waals surface area contributed by atoms with Gasteiger partial charge < -0.3 is 15.7 Å². The second-order valence-electron chi connectivity index (χ2n) is 5.18. The van der Waals surface area contributed by atoms with Crippen LogP contribution in [0.4, 0.5) is 15.8 Å². The lowest BCUT2D eigenvalue weighted by atomic mass is 10.2. The summed E-state index contributed by atoms with van der Waals surface area (Å²) in [6.45, 7) is 3.32. The summed E-state index contributed by atoms with van der Waals surface area (Å²) in [5.41, 5.74) is 2.46. The van der Waals surface area contributed by atoms with Crippen LogP contribution >= 0.6 is 0 Å². The summed E-state index contributed by atoms with van der Waals surface area (Å²) in [5, 5.41) is 14.8. The first-order valence-electron chi connectivity index (χ1n) is 7.03. The van der Waals surface area contributed by atoms with Gasteiger partial charge in [-0.15, -0.1) is 0 Å². The molecule has 4 nitrogen and oxygen atoms in total. The van der Waals surface area contributed by atoms with Crippen LogP contribution in [-0.4, -0.2) is 17.1 Å². The van der Waals surface area contributed by atoms with Crippen LogP contribution in [0.15, 0.2) is 42.5 Å². The first kappa shape index (κ1) is 16.0. The van der Waals surface area contributed by atoms with Crippen molar-refractivity contribution in [3.05, 3.63) is 59.4 Å². The largest absolute Gasteiger partial charge is 0.392 e. The van der Waals surface area contributed by atoms with Gasteiger partial charge in [0.25, 0.3) is 0 Å². The molecule has 0 bridgehead atoms. The Morgan fingerprint density at radius 1 is 1.23 bits per heavy atom. The van der Waals surface area contributed by atoms with Crippen LogP contribution in [0.5, 0.6) is 0 Å². The second-order valence-corrected chi connectivity index (χ2v) is 5.18.